The van der Waals surface area contributed by atoms with E-state index in [2.05, 4.69) is 0 Å². The van der Waals surface area contributed by atoms with Gasteiger partial charge in [-0.1, -0.05) is 18.2 Å². The van der Waals surface area contributed by atoms with Crippen LogP contribution in [0, 0.1) is 11.6 Å². The monoisotopic (exact) mass is 305 g/mol. The zero-order valence-corrected chi connectivity index (χ0v) is 12.1. The summed E-state index contributed by atoms with van der Waals surface area (Å²) in [5, 5.41) is 0.898. The van der Waals surface area contributed by atoms with Gasteiger partial charge in [-0.25, -0.2) is 8.78 Å². The molecule has 0 aliphatic rings. The van der Waals surface area contributed by atoms with Crippen LogP contribution in [0.3, 0.4) is 0 Å². The normalized spacial score (nSPS) is 12.6. The van der Waals surface area contributed by atoms with E-state index in [1.807, 2.05) is 6.07 Å². The lowest BCUT2D eigenvalue weighted by Gasteiger charge is -2.13. The molecule has 2 aromatic carbocycles. The van der Waals surface area contributed by atoms with Gasteiger partial charge in [0.05, 0.1) is 13.2 Å². The molecule has 0 aliphatic heterocycles. The van der Waals surface area contributed by atoms with E-state index in [9.17, 15) is 8.78 Å². The number of nitrogens with two attached hydrogens (primary N) is 1. The van der Waals surface area contributed by atoms with E-state index in [1.54, 1.807) is 24.3 Å². The number of hydrogen-bond donors (Lipinski definition) is 1. The lowest BCUT2D eigenvalue weighted by atomic mass is 10.0. The van der Waals surface area contributed by atoms with Crippen molar-refractivity contribution in [2.24, 2.45) is 5.73 Å². The number of thiophene rings is 1. The Morgan fingerprint density at radius 1 is 1.14 bits per heavy atom. The fraction of sp³-hybridized carbons (Fsp3) is 0.125. The first-order chi connectivity index (χ1) is 10.1. The zero-order chi connectivity index (χ0) is 15.0. The molecule has 3 rings (SSSR count). The second-order valence-corrected chi connectivity index (χ2v) is 5.79. The highest BCUT2D eigenvalue weighted by Gasteiger charge is 2.18. The van der Waals surface area contributed by atoms with E-state index in [0.29, 0.717) is 5.56 Å². The first-order valence-electron chi connectivity index (χ1n) is 6.37. The quantitative estimate of drug-likeness (QED) is 0.785. The largest absolute Gasteiger partial charge is 0.494 e. The van der Waals surface area contributed by atoms with Crippen LogP contribution >= 0.6 is 11.3 Å². The predicted octanol–water partition coefficient (Wildman–Crippen LogP) is 4.24. The lowest BCUT2D eigenvalue weighted by Crippen LogP contribution is -2.12. The average molecular weight is 305 g/mol. The summed E-state index contributed by atoms with van der Waals surface area (Å²) in [6, 6.07) is 10.7. The first kappa shape index (κ1) is 14.0. The van der Waals surface area contributed by atoms with E-state index in [0.717, 1.165) is 15.0 Å². The van der Waals surface area contributed by atoms with Crippen LogP contribution in [-0.2, 0) is 0 Å². The molecule has 0 spiro atoms. The fourth-order valence-electron chi connectivity index (χ4n) is 2.26. The summed E-state index contributed by atoms with van der Waals surface area (Å²) in [6.07, 6.45) is 0. The van der Waals surface area contributed by atoms with Crippen LogP contribution in [-0.4, -0.2) is 7.11 Å². The van der Waals surface area contributed by atoms with Gasteiger partial charge in [0, 0.05) is 15.1 Å². The molecule has 0 amide bonds. The Kier molecular flexibility index (Phi) is 3.61. The molecular weight excluding hydrogens is 292 g/mol. The van der Waals surface area contributed by atoms with Crippen molar-refractivity contribution in [2.45, 2.75) is 6.04 Å². The van der Waals surface area contributed by atoms with Gasteiger partial charge in [-0.05, 0) is 29.7 Å². The third-order valence-corrected chi connectivity index (χ3v) is 4.54. The smallest absolute Gasteiger partial charge is 0.170 e. The minimum atomic E-state index is -0.611. The van der Waals surface area contributed by atoms with Crippen LogP contribution in [0.25, 0.3) is 10.1 Å². The SMILES string of the molecule is COc1cccc(C(N)c2cc3ccc(F)cc3s2)c1F. The number of halogens is 2. The first-order valence-corrected chi connectivity index (χ1v) is 7.19. The lowest BCUT2D eigenvalue weighted by molar-refractivity contribution is 0.383. The molecule has 0 bridgehead atoms. The topological polar surface area (TPSA) is 35.2 Å². The molecule has 1 atom stereocenters. The highest BCUT2D eigenvalue weighted by molar-refractivity contribution is 7.19. The van der Waals surface area contributed by atoms with Crippen molar-refractivity contribution in [3.8, 4) is 5.75 Å². The second-order valence-electron chi connectivity index (χ2n) is 4.67. The van der Waals surface area contributed by atoms with Gasteiger partial charge in [0.25, 0.3) is 0 Å². The summed E-state index contributed by atoms with van der Waals surface area (Å²) < 4.78 is 33.3. The predicted molar refractivity (Wildman–Crippen MR) is 80.8 cm³/mol. The van der Waals surface area contributed by atoms with Crippen LogP contribution in [0.1, 0.15) is 16.5 Å². The van der Waals surface area contributed by atoms with Crippen molar-refractivity contribution >= 4 is 21.4 Å². The Labute approximate surface area is 124 Å². The van der Waals surface area contributed by atoms with Crippen LogP contribution in [0.15, 0.2) is 42.5 Å². The Morgan fingerprint density at radius 2 is 1.95 bits per heavy atom. The van der Waals surface area contributed by atoms with Gasteiger partial charge in [0.2, 0.25) is 0 Å². The van der Waals surface area contributed by atoms with Crippen LogP contribution in [0.2, 0.25) is 0 Å². The number of hydrogen-bond acceptors (Lipinski definition) is 3. The van der Waals surface area contributed by atoms with Gasteiger partial charge in [-0.3, -0.25) is 0 Å². The molecule has 21 heavy (non-hydrogen) atoms. The number of benzene rings is 2. The number of ether oxygens (including phenoxy) is 1. The van der Waals surface area contributed by atoms with E-state index < -0.39 is 11.9 Å². The van der Waals surface area contributed by atoms with Gasteiger partial charge >= 0.3 is 0 Å². The van der Waals surface area contributed by atoms with Gasteiger partial charge in [0.15, 0.2) is 11.6 Å². The number of fused-ring (bicyclic) bond motifs is 1. The van der Waals surface area contributed by atoms with Crippen LogP contribution in [0.4, 0.5) is 8.78 Å². The molecule has 0 saturated carbocycles. The maximum Gasteiger partial charge on any atom is 0.170 e. The summed E-state index contributed by atoms with van der Waals surface area (Å²) >= 11 is 1.36. The Bertz CT molecular complexity index is 800. The fourth-order valence-corrected chi connectivity index (χ4v) is 3.37. The van der Waals surface area contributed by atoms with E-state index in [4.69, 9.17) is 10.5 Å². The Morgan fingerprint density at radius 3 is 2.71 bits per heavy atom. The molecule has 108 valence electrons. The third-order valence-electron chi connectivity index (χ3n) is 3.36. The third kappa shape index (κ3) is 2.50. The van der Waals surface area contributed by atoms with Crippen molar-refractivity contribution in [3.63, 3.8) is 0 Å². The molecule has 0 aliphatic carbocycles. The van der Waals surface area contributed by atoms with E-state index >= 15 is 0 Å². The molecule has 1 heterocycles. The van der Waals surface area contributed by atoms with Crippen molar-refractivity contribution in [2.75, 3.05) is 7.11 Å². The maximum atomic E-state index is 14.3. The Hall–Kier alpha value is -1.98. The number of rotatable bonds is 3. The van der Waals surface area contributed by atoms with Crippen molar-refractivity contribution < 1.29 is 13.5 Å². The van der Waals surface area contributed by atoms with Gasteiger partial charge in [0.1, 0.15) is 5.82 Å². The molecule has 0 radical (unpaired) electrons. The minimum absolute atomic E-state index is 0.162. The van der Waals surface area contributed by atoms with Crippen molar-refractivity contribution in [3.05, 3.63) is 64.5 Å². The minimum Gasteiger partial charge on any atom is -0.494 e. The summed E-state index contributed by atoms with van der Waals surface area (Å²) in [6.45, 7) is 0. The molecule has 0 saturated heterocycles. The van der Waals surface area contributed by atoms with Gasteiger partial charge < -0.3 is 10.5 Å². The summed E-state index contributed by atoms with van der Waals surface area (Å²) in [7, 11) is 1.41. The summed E-state index contributed by atoms with van der Waals surface area (Å²) in [4.78, 5) is 0.780. The highest BCUT2D eigenvalue weighted by atomic mass is 32.1. The zero-order valence-electron chi connectivity index (χ0n) is 11.3. The van der Waals surface area contributed by atoms with Crippen LogP contribution < -0.4 is 10.5 Å². The maximum absolute atomic E-state index is 14.3. The molecule has 2 nitrogen and oxygen atoms in total. The summed E-state index contributed by atoms with van der Waals surface area (Å²) in [5.41, 5.74) is 6.53. The highest BCUT2D eigenvalue weighted by Crippen LogP contribution is 2.34. The molecule has 5 heteroatoms. The molecule has 1 aromatic heterocycles. The molecule has 0 fully saturated rings. The molecular formula is C16H13F2NOS. The van der Waals surface area contributed by atoms with Gasteiger partial charge in [-0.2, -0.15) is 0 Å². The van der Waals surface area contributed by atoms with Crippen molar-refractivity contribution in [1.29, 1.82) is 0 Å². The second kappa shape index (κ2) is 5.42. The van der Waals surface area contributed by atoms with E-state index in [1.165, 1.54) is 30.6 Å². The van der Waals surface area contributed by atoms with E-state index in [-0.39, 0.29) is 11.6 Å². The summed E-state index contributed by atoms with van der Waals surface area (Å²) in [5.74, 6) is -0.594. The average Bonchev–Trinajstić information content (AvgIpc) is 2.89. The number of methoxy groups -OCH3 is 1. The van der Waals surface area contributed by atoms with Crippen molar-refractivity contribution in [1.82, 2.24) is 0 Å². The Balaban J connectivity index is 2.06. The molecule has 3 aromatic rings. The van der Waals surface area contributed by atoms with Crippen LogP contribution in [0.5, 0.6) is 5.75 Å². The molecule has 1 unspecified atom stereocenters. The standard InChI is InChI=1S/C16H13F2NOS/c1-20-12-4-2-3-11(15(12)18)16(19)14-7-9-5-6-10(17)8-13(9)21-14/h2-8,16H,19H2,1H3. The van der Waals surface area contributed by atoms with Gasteiger partial charge in [-0.15, -0.1) is 11.3 Å². The molecule has 2 N–H and O–H groups in total.